The lowest BCUT2D eigenvalue weighted by Gasteiger charge is -2.16. The maximum absolute atomic E-state index is 12.7. The van der Waals surface area contributed by atoms with Gasteiger partial charge in [-0.3, -0.25) is 4.79 Å². The highest BCUT2D eigenvalue weighted by molar-refractivity contribution is 7.98. The molecule has 0 saturated heterocycles. The van der Waals surface area contributed by atoms with Crippen molar-refractivity contribution in [2.75, 3.05) is 6.26 Å². The topological polar surface area (TPSA) is 60.1 Å². The predicted octanol–water partition coefficient (Wildman–Crippen LogP) is 3.85. The summed E-state index contributed by atoms with van der Waals surface area (Å²) in [6, 6.07) is 5.16. The van der Waals surface area contributed by atoms with Crippen molar-refractivity contribution in [3.05, 3.63) is 49.9 Å². The molecular formula is C15H16Cl2N4OS. The summed E-state index contributed by atoms with van der Waals surface area (Å²) in [6.07, 6.45) is 3.26. The maximum atomic E-state index is 12.7. The van der Waals surface area contributed by atoms with Crippen LogP contribution in [0.1, 0.15) is 32.0 Å². The summed E-state index contributed by atoms with van der Waals surface area (Å²) >= 11 is 13.5. The number of halogens is 2. The zero-order valence-electron chi connectivity index (χ0n) is 13.2. The van der Waals surface area contributed by atoms with Crippen molar-refractivity contribution in [3.63, 3.8) is 0 Å². The molecule has 1 aromatic carbocycles. The third-order valence-corrected chi connectivity index (χ3v) is 4.29. The molecule has 0 aliphatic carbocycles. The first-order chi connectivity index (χ1) is 10.8. The minimum Gasteiger partial charge on any atom is -0.265 e. The summed E-state index contributed by atoms with van der Waals surface area (Å²) in [4.78, 5) is 12.7. The van der Waals surface area contributed by atoms with Crippen molar-refractivity contribution in [1.82, 2.24) is 14.9 Å². The van der Waals surface area contributed by atoms with Crippen LogP contribution in [0.25, 0.3) is 0 Å². The van der Waals surface area contributed by atoms with E-state index in [0.29, 0.717) is 26.5 Å². The van der Waals surface area contributed by atoms with Gasteiger partial charge in [0.15, 0.2) is 0 Å². The number of hydrogen-bond acceptors (Lipinski definition) is 5. The molecule has 0 atom stereocenters. The van der Waals surface area contributed by atoms with E-state index in [2.05, 4.69) is 15.3 Å². The van der Waals surface area contributed by atoms with Crippen molar-refractivity contribution < 1.29 is 0 Å². The van der Waals surface area contributed by atoms with Gasteiger partial charge in [-0.1, -0.05) is 61.8 Å². The molecule has 0 unspecified atom stereocenters. The van der Waals surface area contributed by atoms with Gasteiger partial charge in [-0.05, 0) is 18.4 Å². The molecule has 0 N–H and O–H groups in total. The van der Waals surface area contributed by atoms with E-state index in [1.165, 1.54) is 22.7 Å². The first kappa shape index (κ1) is 18.0. The summed E-state index contributed by atoms with van der Waals surface area (Å²) in [5.41, 5.74) is 0.151. The van der Waals surface area contributed by atoms with Gasteiger partial charge in [0.1, 0.15) is 5.69 Å². The van der Waals surface area contributed by atoms with Gasteiger partial charge in [-0.25, -0.2) is 0 Å². The monoisotopic (exact) mass is 370 g/mol. The van der Waals surface area contributed by atoms with E-state index in [1.54, 1.807) is 24.5 Å². The zero-order valence-corrected chi connectivity index (χ0v) is 15.5. The summed E-state index contributed by atoms with van der Waals surface area (Å²) < 4.78 is 1.22. The zero-order chi connectivity index (χ0) is 17.2. The Balaban J connectivity index is 2.59. The van der Waals surface area contributed by atoms with Crippen LogP contribution in [0.5, 0.6) is 0 Å². The van der Waals surface area contributed by atoms with E-state index in [9.17, 15) is 4.79 Å². The molecule has 23 heavy (non-hydrogen) atoms. The molecule has 1 heterocycles. The molecule has 0 aliphatic rings. The molecule has 8 heteroatoms. The highest BCUT2D eigenvalue weighted by atomic mass is 35.5. The van der Waals surface area contributed by atoms with Crippen molar-refractivity contribution >= 4 is 41.2 Å². The second-order valence-corrected chi connectivity index (χ2v) is 7.37. The van der Waals surface area contributed by atoms with Crippen LogP contribution in [0.4, 0.5) is 0 Å². The van der Waals surface area contributed by atoms with Gasteiger partial charge in [0.2, 0.25) is 5.16 Å². The van der Waals surface area contributed by atoms with Crippen LogP contribution in [0, 0.1) is 0 Å². The Morgan fingerprint density at radius 3 is 2.35 bits per heavy atom. The van der Waals surface area contributed by atoms with Crippen LogP contribution in [0.15, 0.2) is 33.3 Å². The Morgan fingerprint density at radius 2 is 1.83 bits per heavy atom. The van der Waals surface area contributed by atoms with E-state index in [1.807, 2.05) is 20.8 Å². The lowest BCUT2D eigenvalue weighted by Crippen LogP contribution is -2.32. The van der Waals surface area contributed by atoms with Gasteiger partial charge in [-0.15, -0.1) is 10.2 Å². The van der Waals surface area contributed by atoms with E-state index in [0.717, 1.165) is 0 Å². The number of hydrogen-bond donors (Lipinski definition) is 0. The van der Waals surface area contributed by atoms with Gasteiger partial charge in [0.05, 0.1) is 16.3 Å². The SMILES string of the molecule is CSc1nnc(C(C)(C)C)c(=O)n1N=Cc1c(Cl)cccc1Cl. The average Bonchev–Trinajstić information content (AvgIpc) is 2.46. The fourth-order valence-electron chi connectivity index (χ4n) is 1.81. The van der Waals surface area contributed by atoms with E-state index < -0.39 is 5.41 Å². The minimum absolute atomic E-state index is 0.309. The lowest BCUT2D eigenvalue weighted by molar-refractivity contribution is 0.510. The third-order valence-electron chi connectivity index (χ3n) is 3.01. The van der Waals surface area contributed by atoms with Crippen molar-refractivity contribution in [2.45, 2.75) is 31.3 Å². The van der Waals surface area contributed by atoms with Crippen molar-refractivity contribution in [3.8, 4) is 0 Å². The second-order valence-electron chi connectivity index (χ2n) is 5.78. The molecule has 0 aliphatic heterocycles. The molecule has 1 aromatic heterocycles. The van der Waals surface area contributed by atoms with Crippen LogP contribution >= 0.6 is 35.0 Å². The summed E-state index contributed by atoms with van der Waals surface area (Å²) in [5, 5.41) is 13.7. The molecule has 2 rings (SSSR count). The molecule has 122 valence electrons. The highest BCUT2D eigenvalue weighted by Crippen LogP contribution is 2.22. The normalized spacial score (nSPS) is 12.1. The molecule has 0 amide bonds. The summed E-state index contributed by atoms with van der Waals surface area (Å²) in [6.45, 7) is 5.70. The molecule has 0 spiro atoms. The molecule has 0 fully saturated rings. The molecule has 5 nitrogen and oxygen atoms in total. The molecule has 0 bridgehead atoms. The van der Waals surface area contributed by atoms with Crippen LogP contribution in [-0.4, -0.2) is 27.3 Å². The van der Waals surface area contributed by atoms with Gasteiger partial charge in [0, 0.05) is 11.0 Å². The number of rotatable bonds is 3. The maximum Gasteiger partial charge on any atom is 0.297 e. The van der Waals surface area contributed by atoms with E-state index in [-0.39, 0.29) is 5.56 Å². The lowest BCUT2D eigenvalue weighted by atomic mass is 9.93. The average molecular weight is 371 g/mol. The first-order valence-corrected chi connectivity index (χ1v) is 8.76. The fourth-order valence-corrected chi connectivity index (χ4v) is 2.74. The number of benzene rings is 1. The van der Waals surface area contributed by atoms with E-state index >= 15 is 0 Å². The highest BCUT2D eigenvalue weighted by Gasteiger charge is 2.23. The van der Waals surface area contributed by atoms with Crippen LogP contribution in [-0.2, 0) is 5.41 Å². The number of nitrogens with zero attached hydrogens (tertiary/aromatic N) is 4. The Morgan fingerprint density at radius 1 is 1.22 bits per heavy atom. The smallest absolute Gasteiger partial charge is 0.265 e. The fraction of sp³-hybridized carbons (Fsp3) is 0.333. The van der Waals surface area contributed by atoms with Gasteiger partial charge >= 0.3 is 0 Å². The van der Waals surface area contributed by atoms with Crippen LogP contribution < -0.4 is 5.56 Å². The van der Waals surface area contributed by atoms with Crippen molar-refractivity contribution in [1.29, 1.82) is 0 Å². The molecule has 2 aromatic rings. The van der Waals surface area contributed by atoms with Gasteiger partial charge in [-0.2, -0.15) is 9.78 Å². The van der Waals surface area contributed by atoms with Gasteiger partial charge < -0.3 is 0 Å². The Labute approximate surface area is 148 Å². The Kier molecular flexibility index (Phi) is 5.49. The quantitative estimate of drug-likeness (QED) is 0.608. The molecule has 0 saturated carbocycles. The number of thioether (sulfide) groups is 1. The predicted molar refractivity (Wildman–Crippen MR) is 96.2 cm³/mol. The first-order valence-electron chi connectivity index (χ1n) is 6.78. The standard InChI is InChI=1S/C15H16Cl2N4OS/c1-15(2,3)12-13(22)21(14(23-4)20-19-12)18-8-9-10(16)6-5-7-11(9)17/h5-8H,1-4H3. The van der Waals surface area contributed by atoms with Crippen LogP contribution in [0.3, 0.4) is 0 Å². The largest absolute Gasteiger partial charge is 0.297 e. The van der Waals surface area contributed by atoms with Crippen molar-refractivity contribution in [2.24, 2.45) is 5.10 Å². The number of aromatic nitrogens is 3. The summed E-state index contributed by atoms with van der Waals surface area (Å²) in [5.74, 6) is 0. The van der Waals surface area contributed by atoms with E-state index in [4.69, 9.17) is 23.2 Å². The van der Waals surface area contributed by atoms with Crippen LogP contribution in [0.2, 0.25) is 10.0 Å². The summed E-state index contributed by atoms with van der Waals surface area (Å²) in [7, 11) is 0. The second kappa shape index (κ2) is 7.03. The molecule has 0 radical (unpaired) electrons. The third kappa shape index (κ3) is 3.94. The van der Waals surface area contributed by atoms with Gasteiger partial charge in [0.25, 0.3) is 5.56 Å². The minimum atomic E-state index is -0.430. The molecular weight excluding hydrogens is 355 g/mol. The Bertz CT molecular complexity index is 792. The Hall–Kier alpha value is -1.37.